The molecular weight excluding hydrogens is 296 g/mol. The van der Waals surface area contributed by atoms with Crippen molar-refractivity contribution >= 4 is 11.8 Å². The molecule has 0 saturated heterocycles. The highest BCUT2D eigenvalue weighted by atomic mass is 16.7. The molecule has 0 heterocycles. The summed E-state index contributed by atoms with van der Waals surface area (Å²) in [5.41, 5.74) is -1.63. The van der Waals surface area contributed by atoms with Gasteiger partial charge in [-0.25, -0.2) is 0 Å². The van der Waals surface area contributed by atoms with Gasteiger partial charge in [-0.15, -0.1) is 0 Å². The third kappa shape index (κ3) is 5.88. The Morgan fingerprint density at radius 1 is 1.17 bits per heavy atom. The van der Waals surface area contributed by atoms with Gasteiger partial charge in [-0.1, -0.05) is 6.42 Å². The van der Waals surface area contributed by atoms with E-state index in [-0.39, 0.29) is 18.0 Å². The summed E-state index contributed by atoms with van der Waals surface area (Å²) in [7, 11) is 0. The SMILES string of the molecule is CCOC(CC[C@]1(C(=O)OC(C)(C)C)CCCCC1=O)OCC. The van der Waals surface area contributed by atoms with Crippen LogP contribution in [0, 0.1) is 5.41 Å². The molecule has 23 heavy (non-hydrogen) atoms. The van der Waals surface area contributed by atoms with E-state index in [0.717, 1.165) is 12.8 Å². The van der Waals surface area contributed by atoms with E-state index in [1.54, 1.807) is 0 Å². The third-order valence-corrected chi connectivity index (χ3v) is 4.09. The van der Waals surface area contributed by atoms with Gasteiger partial charge in [-0.2, -0.15) is 0 Å². The first-order valence-corrected chi connectivity index (χ1v) is 8.75. The highest BCUT2D eigenvalue weighted by Gasteiger charge is 2.48. The van der Waals surface area contributed by atoms with Crippen LogP contribution in [0.15, 0.2) is 0 Å². The summed E-state index contributed by atoms with van der Waals surface area (Å²) in [5.74, 6) is -0.383. The van der Waals surface area contributed by atoms with Crippen molar-refractivity contribution in [1.82, 2.24) is 0 Å². The Kier molecular flexibility index (Phi) is 7.68. The molecule has 0 aromatic rings. The summed E-state index contributed by atoms with van der Waals surface area (Å²) in [6, 6.07) is 0. The fraction of sp³-hybridized carbons (Fsp3) is 0.889. The van der Waals surface area contributed by atoms with Gasteiger partial charge >= 0.3 is 5.97 Å². The van der Waals surface area contributed by atoms with Crippen molar-refractivity contribution in [2.45, 2.75) is 85.0 Å². The van der Waals surface area contributed by atoms with Crippen LogP contribution in [0.3, 0.4) is 0 Å². The van der Waals surface area contributed by atoms with Crippen LogP contribution < -0.4 is 0 Å². The van der Waals surface area contributed by atoms with Crippen LogP contribution in [-0.4, -0.2) is 36.9 Å². The minimum Gasteiger partial charge on any atom is -0.459 e. The molecule has 0 amide bonds. The molecule has 0 N–H and O–H groups in total. The average Bonchev–Trinajstić information content (AvgIpc) is 2.45. The topological polar surface area (TPSA) is 61.8 Å². The molecule has 0 aromatic heterocycles. The molecule has 1 aliphatic rings. The lowest BCUT2D eigenvalue weighted by Gasteiger charge is -2.36. The minimum atomic E-state index is -1.03. The van der Waals surface area contributed by atoms with Crippen LogP contribution in [0.25, 0.3) is 0 Å². The molecule has 0 aromatic carbocycles. The second-order valence-electron chi connectivity index (χ2n) is 7.09. The quantitative estimate of drug-likeness (QED) is 0.387. The first kappa shape index (κ1) is 20.1. The van der Waals surface area contributed by atoms with E-state index in [1.807, 2.05) is 34.6 Å². The van der Waals surface area contributed by atoms with Gasteiger partial charge in [0.2, 0.25) is 0 Å². The monoisotopic (exact) mass is 328 g/mol. The van der Waals surface area contributed by atoms with Gasteiger partial charge in [-0.3, -0.25) is 9.59 Å². The molecule has 1 saturated carbocycles. The number of rotatable bonds is 8. The average molecular weight is 328 g/mol. The Bertz CT molecular complexity index is 393. The molecule has 1 rings (SSSR count). The number of carbonyl (C=O) groups excluding carboxylic acids is 2. The largest absolute Gasteiger partial charge is 0.459 e. The van der Waals surface area contributed by atoms with Crippen molar-refractivity contribution in [2.75, 3.05) is 13.2 Å². The molecular formula is C18H32O5. The third-order valence-electron chi connectivity index (χ3n) is 4.09. The molecule has 0 spiro atoms. The van der Waals surface area contributed by atoms with E-state index in [0.29, 0.717) is 38.9 Å². The van der Waals surface area contributed by atoms with Gasteiger partial charge in [0, 0.05) is 19.6 Å². The van der Waals surface area contributed by atoms with Gasteiger partial charge in [0.1, 0.15) is 16.8 Å². The van der Waals surface area contributed by atoms with Gasteiger partial charge in [-0.05, 0) is 60.3 Å². The van der Waals surface area contributed by atoms with Gasteiger partial charge in [0.15, 0.2) is 6.29 Å². The van der Waals surface area contributed by atoms with E-state index < -0.39 is 11.0 Å². The molecule has 1 aliphatic carbocycles. The van der Waals surface area contributed by atoms with Gasteiger partial charge in [0.25, 0.3) is 0 Å². The van der Waals surface area contributed by atoms with Crippen LogP contribution in [0.1, 0.15) is 73.1 Å². The van der Waals surface area contributed by atoms with Gasteiger partial charge < -0.3 is 14.2 Å². The molecule has 0 radical (unpaired) electrons. The summed E-state index contributed by atoms with van der Waals surface area (Å²) >= 11 is 0. The predicted octanol–water partition coefficient (Wildman–Crippen LogP) is 3.64. The second kappa shape index (κ2) is 8.78. The van der Waals surface area contributed by atoms with Crippen molar-refractivity contribution in [3.63, 3.8) is 0 Å². The Morgan fingerprint density at radius 3 is 2.26 bits per heavy atom. The summed E-state index contributed by atoms with van der Waals surface area (Å²) in [6.07, 6.45) is 3.30. The van der Waals surface area contributed by atoms with Crippen LogP contribution in [0.4, 0.5) is 0 Å². The normalized spacial score (nSPS) is 22.4. The smallest absolute Gasteiger partial charge is 0.320 e. The maximum atomic E-state index is 12.7. The van der Waals surface area contributed by atoms with Crippen molar-refractivity contribution in [2.24, 2.45) is 5.41 Å². The number of ether oxygens (including phenoxy) is 3. The Morgan fingerprint density at radius 2 is 1.78 bits per heavy atom. The highest BCUT2D eigenvalue weighted by Crippen LogP contribution is 2.40. The number of ketones is 1. The zero-order valence-electron chi connectivity index (χ0n) is 15.3. The standard InChI is InChI=1S/C18H32O5/c1-6-21-15(22-7-2)11-13-18(12-9-8-10-14(18)19)16(20)23-17(3,4)5/h15H,6-13H2,1-5H3/t18-/m1/s1. The molecule has 1 fully saturated rings. The van der Waals surface area contributed by atoms with Crippen molar-refractivity contribution in [3.05, 3.63) is 0 Å². The maximum absolute atomic E-state index is 12.7. The van der Waals surface area contributed by atoms with E-state index >= 15 is 0 Å². The zero-order valence-corrected chi connectivity index (χ0v) is 15.3. The van der Waals surface area contributed by atoms with E-state index in [4.69, 9.17) is 14.2 Å². The zero-order chi connectivity index (χ0) is 17.5. The van der Waals surface area contributed by atoms with Crippen LogP contribution in [0.2, 0.25) is 0 Å². The van der Waals surface area contributed by atoms with Gasteiger partial charge in [0.05, 0.1) is 0 Å². The Balaban J connectivity index is 2.87. The molecule has 0 bridgehead atoms. The molecule has 1 atom stereocenters. The van der Waals surface area contributed by atoms with Crippen LogP contribution in [-0.2, 0) is 23.8 Å². The van der Waals surface area contributed by atoms with E-state index in [9.17, 15) is 9.59 Å². The van der Waals surface area contributed by atoms with Crippen LogP contribution in [0.5, 0.6) is 0 Å². The number of carbonyl (C=O) groups is 2. The summed E-state index contributed by atoms with van der Waals surface area (Å²) in [6.45, 7) is 10.4. The minimum absolute atomic E-state index is 0.00440. The van der Waals surface area contributed by atoms with Crippen molar-refractivity contribution < 1.29 is 23.8 Å². The van der Waals surface area contributed by atoms with E-state index in [1.165, 1.54) is 0 Å². The first-order chi connectivity index (χ1) is 10.7. The molecule has 5 nitrogen and oxygen atoms in total. The molecule has 134 valence electrons. The fourth-order valence-corrected chi connectivity index (χ4v) is 3.00. The van der Waals surface area contributed by atoms with Crippen LogP contribution >= 0.6 is 0 Å². The molecule has 5 heteroatoms. The first-order valence-electron chi connectivity index (χ1n) is 8.75. The Hall–Kier alpha value is -0.940. The summed E-state index contributed by atoms with van der Waals surface area (Å²) < 4.78 is 16.7. The lowest BCUT2D eigenvalue weighted by molar-refractivity contribution is -0.176. The maximum Gasteiger partial charge on any atom is 0.320 e. The number of hydrogen-bond acceptors (Lipinski definition) is 5. The highest BCUT2D eigenvalue weighted by molar-refractivity contribution is 6.04. The van der Waals surface area contributed by atoms with E-state index in [2.05, 4.69) is 0 Å². The molecule has 0 unspecified atom stereocenters. The Labute approximate surface area is 140 Å². The fourth-order valence-electron chi connectivity index (χ4n) is 3.00. The van der Waals surface area contributed by atoms with Crippen molar-refractivity contribution in [1.29, 1.82) is 0 Å². The van der Waals surface area contributed by atoms with Crippen molar-refractivity contribution in [3.8, 4) is 0 Å². The lowest BCUT2D eigenvalue weighted by atomic mass is 9.70. The summed E-state index contributed by atoms with van der Waals surface area (Å²) in [5, 5.41) is 0. The number of Topliss-reactive ketones (excluding diaryl/α,β-unsaturated/α-hetero) is 1. The molecule has 0 aliphatic heterocycles. The number of hydrogen-bond donors (Lipinski definition) is 0. The predicted molar refractivity (Wildman–Crippen MR) is 88.0 cm³/mol. The summed E-state index contributed by atoms with van der Waals surface area (Å²) in [4.78, 5) is 25.3. The lowest BCUT2D eigenvalue weighted by Crippen LogP contribution is -2.46. The second-order valence-corrected chi connectivity index (χ2v) is 7.09. The number of esters is 1.